The van der Waals surface area contributed by atoms with Crippen molar-refractivity contribution in [1.29, 1.82) is 0 Å². The van der Waals surface area contributed by atoms with Gasteiger partial charge in [-0.25, -0.2) is 12.8 Å². The number of piperidine rings is 1. The molecule has 5 nitrogen and oxygen atoms in total. The Labute approximate surface area is 159 Å². The maximum Gasteiger partial charge on any atom is 0.261 e. The number of hydrogen-bond donors (Lipinski definition) is 1. The molecule has 1 aliphatic heterocycles. The van der Waals surface area contributed by atoms with Gasteiger partial charge in [0, 0.05) is 24.3 Å². The topological polar surface area (TPSA) is 66.5 Å². The molecule has 1 N–H and O–H groups in total. The molecule has 1 heterocycles. The van der Waals surface area contributed by atoms with E-state index in [0.717, 1.165) is 32.4 Å². The Kier molecular flexibility index (Phi) is 5.79. The van der Waals surface area contributed by atoms with E-state index in [0.29, 0.717) is 11.5 Å². The molecular formula is C20H23FN2O3S. The van der Waals surface area contributed by atoms with Crippen LogP contribution in [0.1, 0.15) is 36.5 Å². The van der Waals surface area contributed by atoms with Gasteiger partial charge in [-0.15, -0.1) is 0 Å². The summed E-state index contributed by atoms with van der Waals surface area (Å²) < 4.78 is 40.2. The number of carbonyl (C=O) groups excluding carboxylic acids is 1. The number of benzene rings is 2. The molecule has 1 saturated heterocycles. The second kappa shape index (κ2) is 8.08. The van der Waals surface area contributed by atoms with Crippen molar-refractivity contribution in [3.05, 3.63) is 59.9 Å². The molecule has 0 aromatic heterocycles. The Balaban J connectivity index is 1.72. The number of anilines is 1. The van der Waals surface area contributed by atoms with Crippen LogP contribution in [0.3, 0.4) is 0 Å². The van der Waals surface area contributed by atoms with Gasteiger partial charge in [0.1, 0.15) is 5.82 Å². The zero-order valence-corrected chi connectivity index (χ0v) is 16.0. The van der Waals surface area contributed by atoms with Gasteiger partial charge in [-0.05, 0) is 67.3 Å². The molecular weight excluding hydrogens is 367 g/mol. The van der Waals surface area contributed by atoms with Crippen LogP contribution in [-0.2, 0) is 10.0 Å². The van der Waals surface area contributed by atoms with Crippen molar-refractivity contribution in [2.75, 3.05) is 17.8 Å². The molecule has 1 fully saturated rings. The minimum absolute atomic E-state index is 0.0495. The number of halogens is 1. The number of carbonyl (C=O) groups is 1. The monoisotopic (exact) mass is 390 g/mol. The third-order valence-electron chi connectivity index (χ3n) is 4.89. The Hall–Kier alpha value is -2.41. The summed E-state index contributed by atoms with van der Waals surface area (Å²) in [7, 11) is -3.80. The number of hydrogen-bond acceptors (Lipinski definition) is 3. The minimum Gasteiger partial charge on any atom is -0.338 e. The van der Waals surface area contributed by atoms with Crippen LogP contribution in [0.15, 0.2) is 53.4 Å². The third kappa shape index (κ3) is 4.66. The van der Waals surface area contributed by atoms with Crippen LogP contribution in [0.4, 0.5) is 10.1 Å². The highest BCUT2D eigenvalue weighted by molar-refractivity contribution is 7.92. The molecule has 0 radical (unpaired) electrons. The summed E-state index contributed by atoms with van der Waals surface area (Å²) in [5.74, 6) is 0.0229. The molecule has 0 aliphatic carbocycles. The Bertz CT molecular complexity index is 896. The summed E-state index contributed by atoms with van der Waals surface area (Å²) in [4.78, 5) is 14.6. The fraction of sp³-hybridized carbons (Fsp3) is 0.350. The highest BCUT2D eigenvalue weighted by Crippen LogP contribution is 2.22. The van der Waals surface area contributed by atoms with Gasteiger partial charge in [-0.2, -0.15) is 0 Å². The molecule has 3 rings (SSSR count). The fourth-order valence-corrected chi connectivity index (χ4v) is 4.33. The van der Waals surface area contributed by atoms with Crippen LogP contribution in [0.25, 0.3) is 0 Å². The average molecular weight is 390 g/mol. The van der Waals surface area contributed by atoms with E-state index in [4.69, 9.17) is 0 Å². The second-order valence-corrected chi connectivity index (χ2v) is 8.49. The first-order valence-electron chi connectivity index (χ1n) is 9.07. The number of sulfonamides is 1. The van der Waals surface area contributed by atoms with Crippen LogP contribution in [0.2, 0.25) is 0 Å². The highest BCUT2D eigenvalue weighted by Gasteiger charge is 2.24. The van der Waals surface area contributed by atoms with Crippen molar-refractivity contribution in [2.24, 2.45) is 5.92 Å². The van der Waals surface area contributed by atoms with Gasteiger partial charge in [0.25, 0.3) is 15.9 Å². The van der Waals surface area contributed by atoms with Crippen molar-refractivity contribution >= 4 is 21.6 Å². The van der Waals surface area contributed by atoms with Crippen LogP contribution < -0.4 is 4.72 Å². The normalized spacial score (nSPS) is 17.6. The molecule has 1 amide bonds. The van der Waals surface area contributed by atoms with Gasteiger partial charge in [-0.3, -0.25) is 9.52 Å². The van der Waals surface area contributed by atoms with Crippen molar-refractivity contribution < 1.29 is 17.6 Å². The minimum atomic E-state index is -3.80. The van der Waals surface area contributed by atoms with Crippen molar-refractivity contribution in [1.82, 2.24) is 4.90 Å². The van der Waals surface area contributed by atoms with Gasteiger partial charge in [0.05, 0.1) is 4.90 Å². The zero-order chi connectivity index (χ0) is 19.4. The zero-order valence-electron chi connectivity index (χ0n) is 15.2. The maximum atomic E-state index is 12.9. The van der Waals surface area contributed by atoms with E-state index in [9.17, 15) is 17.6 Å². The lowest BCUT2D eigenvalue weighted by Crippen LogP contribution is -2.39. The molecule has 1 unspecified atom stereocenters. The fourth-order valence-electron chi connectivity index (χ4n) is 3.27. The molecule has 144 valence electrons. The first-order chi connectivity index (χ1) is 12.9. The molecule has 2 aromatic rings. The molecule has 1 aliphatic rings. The van der Waals surface area contributed by atoms with Crippen molar-refractivity contribution in [3.8, 4) is 0 Å². The summed E-state index contributed by atoms with van der Waals surface area (Å²) in [6.07, 6.45) is 3.20. The van der Waals surface area contributed by atoms with Gasteiger partial charge < -0.3 is 4.90 Å². The summed E-state index contributed by atoms with van der Waals surface area (Å²) in [5.41, 5.74) is 0.753. The number of nitrogens with one attached hydrogen (secondary N) is 1. The van der Waals surface area contributed by atoms with E-state index in [1.54, 1.807) is 0 Å². The van der Waals surface area contributed by atoms with Crippen LogP contribution in [-0.4, -0.2) is 32.3 Å². The van der Waals surface area contributed by atoms with Gasteiger partial charge in [0.2, 0.25) is 0 Å². The summed E-state index contributed by atoms with van der Waals surface area (Å²) >= 11 is 0. The van der Waals surface area contributed by atoms with E-state index >= 15 is 0 Å². The molecule has 0 bridgehead atoms. The standard InChI is InChI=1S/C20H23FN2O3S/c1-2-15-4-3-13-23(14-15)20(24)16-5-11-19(12-6-16)27(25,26)22-18-9-7-17(21)8-10-18/h5-12,15,22H,2-4,13-14H2,1H3. The quantitative estimate of drug-likeness (QED) is 0.842. The molecule has 0 spiro atoms. The SMILES string of the molecule is CCC1CCCN(C(=O)c2ccc(S(=O)(=O)Nc3ccc(F)cc3)cc2)C1. The van der Waals surface area contributed by atoms with Gasteiger partial charge in [0.15, 0.2) is 0 Å². The maximum absolute atomic E-state index is 12.9. The molecule has 27 heavy (non-hydrogen) atoms. The van der Waals surface area contributed by atoms with E-state index in [-0.39, 0.29) is 16.5 Å². The second-order valence-electron chi connectivity index (χ2n) is 6.80. The smallest absolute Gasteiger partial charge is 0.261 e. The summed E-state index contributed by atoms with van der Waals surface area (Å²) in [5, 5.41) is 0. The first kappa shape index (κ1) is 19.4. The molecule has 7 heteroatoms. The van der Waals surface area contributed by atoms with Crippen LogP contribution >= 0.6 is 0 Å². The molecule has 1 atom stereocenters. The predicted octanol–water partition coefficient (Wildman–Crippen LogP) is 3.89. The summed E-state index contributed by atoms with van der Waals surface area (Å²) in [6.45, 7) is 3.62. The van der Waals surface area contributed by atoms with E-state index in [1.807, 2.05) is 4.90 Å². The van der Waals surface area contributed by atoms with Crippen LogP contribution in [0, 0.1) is 11.7 Å². The lowest BCUT2D eigenvalue weighted by atomic mass is 9.95. The average Bonchev–Trinajstić information content (AvgIpc) is 2.69. The van der Waals surface area contributed by atoms with E-state index < -0.39 is 15.8 Å². The largest absolute Gasteiger partial charge is 0.338 e. The Morgan fingerprint density at radius 3 is 2.44 bits per heavy atom. The lowest BCUT2D eigenvalue weighted by molar-refractivity contribution is 0.0671. The van der Waals surface area contributed by atoms with Crippen molar-refractivity contribution in [3.63, 3.8) is 0 Å². The lowest BCUT2D eigenvalue weighted by Gasteiger charge is -2.32. The Morgan fingerprint density at radius 1 is 1.15 bits per heavy atom. The van der Waals surface area contributed by atoms with Gasteiger partial charge >= 0.3 is 0 Å². The van der Waals surface area contributed by atoms with Gasteiger partial charge in [-0.1, -0.05) is 13.3 Å². The van der Waals surface area contributed by atoms with E-state index in [1.165, 1.54) is 48.5 Å². The van der Waals surface area contributed by atoms with Crippen LogP contribution in [0.5, 0.6) is 0 Å². The third-order valence-corrected chi connectivity index (χ3v) is 6.29. The number of amides is 1. The number of nitrogens with zero attached hydrogens (tertiary/aromatic N) is 1. The number of rotatable bonds is 5. The van der Waals surface area contributed by atoms with E-state index in [2.05, 4.69) is 11.6 Å². The molecule has 2 aromatic carbocycles. The predicted molar refractivity (Wildman–Crippen MR) is 103 cm³/mol. The molecule has 0 saturated carbocycles. The highest BCUT2D eigenvalue weighted by atomic mass is 32.2. The summed E-state index contributed by atoms with van der Waals surface area (Å²) in [6, 6.07) is 11.0. The number of likely N-dealkylation sites (tertiary alicyclic amines) is 1. The van der Waals surface area contributed by atoms with Crippen molar-refractivity contribution in [2.45, 2.75) is 31.1 Å². The first-order valence-corrected chi connectivity index (χ1v) is 10.5. The Morgan fingerprint density at radius 2 is 1.81 bits per heavy atom.